The molecule has 1 amide bonds. The molecule has 1 saturated heterocycles. The summed E-state index contributed by atoms with van der Waals surface area (Å²) in [6.07, 6.45) is 3.71. The van der Waals surface area contributed by atoms with E-state index in [4.69, 9.17) is 4.42 Å². The fourth-order valence-corrected chi connectivity index (χ4v) is 4.67. The van der Waals surface area contributed by atoms with E-state index >= 15 is 0 Å². The van der Waals surface area contributed by atoms with Gasteiger partial charge in [0.1, 0.15) is 5.76 Å². The van der Waals surface area contributed by atoms with Crippen LogP contribution < -0.4 is 0 Å². The van der Waals surface area contributed by atoms with Crippen LogP contribution in [0.1, 0.15) is 24.2 Å². The molecule has 0 atom stereocenters. The lowest BCUT2D eigenvalue weighted by Gasteiger charge is -2.37. The minimum atomic E-state index is 0.184. The number of hydrogen-bond donors (Lipinski definition) is 0. The van der Waals surface area contributed by atoms with Crippen molar-refractivity contribution < 1.29 is 9.21 Å². The van der Waals surface area contributed by atoms with E-state index in [2.05, 4.69) is 46.9 Å². The van der Waals surface area contributed by atoms with Crippen molar-refractivity contribution in [2.75, 3.05) is 25.9 Å². The van der Waals surface area contributed by atoms with Crippen LogP contribution in [-0.2, 0) is 11.3 Å². The van der Waals surface area contributed by atoms with Gasteiger partial charge in [0.05, 0.1) is 18.6 Å². The van der Waals surface area contributed by atoms with Crippen LogP contribution in [0, 0.1) is 6.92 Å². The van der Waals surface area contributed by atoms with Gasteiger partial charge >= 0.3 is 0 Å². The number of nitrogens with zero attached hydrogens (tertiary/aromatic N) is 2. The summed E-state index contributed by atoms with van der Waals surface area (Å²) in [7, 11) is 2.14. The van der Waals surface area contributed by atoms with Gasteiger partial charge < -0.3 is 14.2 Å². The highest BCUT2D eigenvalue weighted by atomic mass is 79.9. The Labute approximate surface area is 168 Å². The normalized spacial score (nSPS) is 16.0. The van der Waals surface area contributed by atoms with Crippen molar-refractivity contribution >= 4 is 33.6 Å². The number of likely N-dealkylation sites (tertiary alicyclic amines) is 1. The monoisotopic (exact) mass is 436 g/mol. The Kier molecular flexibility index (Phi) is 6.84. The summed E-state index contributed by atoms with van der Waals surface area (Å²) < 4.78 is 6.57. The molecular weight excluding hydrogens is 412 g/mol. The standard InChI is InChI=1S/C20H25BrN2O2S/c1-15-12-16(21)5-6-19(15)26-14-20(24)23(13-18-4-3-11-25-18)17-7-9-22(2)10-8-17/h3-6,11-12,17H,7-10,13-14H2,1-2H3. The fraction of sp³-hybridized carbons (Fsp3) is 0.450. The largest absolute Gasteiger partial charge is 0.467 e. The van der Waals surface area contributed by atoms with Crippen LogP contribution >= 0.6 is 27.7 Å². The molecule has 1 aliphatic rings. The average molecular weight is 437 g/mol. The predicted molar refractivity (Wildman–Crippen MR) is 109 cm³/mol. The number of halogens is 1. The van der Waals surface area contributed by atoms with Crippen LogP contribution in [0.15, 0.2) is 50.4 Å². The zero-order valence-corrected chi connectivity index (χ0v) is 17.7. The second-order valence-electron chi connectivity index (χ2n) is 6.83. The molecule has 26 heavy (non-hydrogen) atoms. The van der Waals surface area contributed by atoms with Crippen molar-refractivity contribution in [2.45, 2.75) is 37.2 Å². The molecule has 1 aliphatic heterocycles. The number of aryl methyl sites for hydroxylation is 1. The minimum absolute atomic E-state index is 0.184. The van der Waals surface area contributed by atoms with E-state index in [1.165, 1.54) is 5.56 Å². The number of furan rings is 1. The van der Waals surface area contributed by atoms with E-state index in [-0.39, 0.29) is 11.9 Å². The average Bonchev–Trinajstić information content (AvgIpc) is 3.13. The van der Waals surface area contributed by atoms with E-state index < -0.39 is 0 Å². The Morgan fingerprint density at radius 2 is 2.12 bits per heavy atom. The van der Waals surface area contributed by atoms with Gasteiger partial charge in [-0.25, -0.2) is 0 Å². The van der Waals surface area contributed by atoms with Gasteiger partial charge in [-0.05, 0) is 75.8 Å². The van der Waals surface area contributed by atoms with Crippen LogP contribution in [0.25, 0.3) is 0 Å². The van der Waals surface area contributed by atoms with Gasteiger partial charge in [-0.15, -0.1) is 11.8 Å². The first-order valence-corrected chi connectivity index (χ1v) is 10.7. The van der Waals surface area contributed by atoms with Crippen molar-refractivity contribution in [2.24, 2.45) is 0 Å². The number of benzene rings is 1. The lowest BCUT2D eigenvalue weighted by atomic mass is 10.0. The highest BCUT2D eigenvalue weighted by Gasteiger charge is 2.27. The van der Waals surface area contributed by atoms with Gasteiger partial charge in [-0.2, -0.15) is 0 Å². The molecule has 6 heteroatoms. The molecule has 0 N–H and O–H groups in total. The number of thioether (sulfide) groups is 1. The molecule has 0 bridgehead atoms. The summed E-state index contributed by atoms with van der Waals surface area (Å²) in [6.45, 7) is 4.70. The third kappa shape index (κ3) is 5.15. The first kappa shape index (κ1) is 19.5. The highest BCUT2D eigenvalue weighted by molar-refractivity contribution is 9.10. The fourth-order valence-electron chi connectivity index (χ4n) is 3.30. The number of carbonyl (C=O) groups is 1. The Morgan fingerprint density at radius 1 is 1.35 bits per heavy atom. The first-order valence-electron chi connectivity index (χ1n) is 8.92. The lowest BCUT2D eigenvalue weighted by molar-refractivity contribution is -0.132. The number of amides is 1. The predicted octanol–water partition coefficient (Wildman–Crippen LogP) is 4.57. The molecule has 2 aromatic rings. The molecule has 1 aromatic heterocycles. The van der Waals surface area contributed by atoms with Crippen molar-refractivity contribution in [1.82, 2.24) is 9.80 Å². The van der Waals surface area contributed by atoms with Crippen molar-refractivity contribution in [3.63, 3.8) is 0 Å². The second kappa shape index (κ2) is 9.11. The topological polar surface area (TPSA) is 36.7 Å². The molecule has 1 aromatic carbocycles. The molecule has 2 heterocycles. The molecule has 0 radical (unpaired) electrons. The minimum Gasteiger partial charge on any atom is -0.467 e. The van der Waals surface area contributed by atoms with Crippen LogP contribution in [0.2, 0.25) is 0 Å². The molecule has 140 valence electrons. The van der Waals surface area contributed by atoms with Crippen molar-refractivity contribution in [3.8, 4) is 0 Å². The van der Waals surface area contributed by atoms with E-state index in [0.29, 0.717) is 12.3 Å². The Morgan fingerprint density at radius 3 is 2.77 bits per heavy atom. The number of piperidine rings is 1. The quantitative estimate of drug-likeness (QED) is 0.621. The van der Waals surface area contributed by atoms with Gasteiger partial charge in [-0.3, -0.25) is 4.79 Å². The SMILES string of the molecule is Cc1cc(Br)ccc1SCC(=O)N(Cc1ccco1)C1CCN(C)CC1. The van der Waals surface area contributed by atoms with Crippen LogP contribution in [0.3, 0.4) is 0 Å². The molecule has 0 aliphatic carbocycles. The third-order valence-corrected chi connectivity index (χ3v) is 6.50. The van der Waals surface area contributed by atoms with Crippen molar-refractivity contribution in [1.29, 1.82) is 0 Å². The van der Waals surface area contributed by atoms with Crippen molar-refractivity contribution in [3.05, 3.63) is 52.4 Å². The number of carbonyl (C=O) groups excluding carboxylic acids is 1. The Bertz CT molecular complexity index is 727. The summed E-state index contributed by atoms with van der Waals surface area (Å²) in [6, 6.07) is 10.3. The summed E-state index contributed by atoms with van der Waals surface area (Å²) in [5.74, 6) is 1.49. The van der Waals surface area contributed by atoms with Gasteiger partial charge in [-0.1, -0.05) is 15.9 Å². The maximum Gasteiger partial charge on any atom is 0.233 e. The smallest absolute Gasteiger partial charge is 0.233 e. The molecule has 0 saturated carbocycles. The molecule has 3 rings (SSSR count). The van der Waals surface area contributed by atoms with Gasteiger partial charge in [0.2, 0.25) is 5.91 Å². The zero-order chi connectivity index (χ0) is 18.5. The van der Waals surface area contributed by atoms with Gasteiger partial charge in [0.25, 0.3) is 0 Å². The maximum absolute atomic E-state index is 13.0. The van der Waals surface area contributed by atoms with E-state index in [9.17, 15) is 4.79 Å². The van der Waals surface area contributed by atoms with Gasteiger partial charge in [0.15, 0.2) is 0 Å². The third-order valence-electron chi connectivity index (χ3n) is 4.84. The van der Waals surface area contributed by atoms with Gasteiger partial charge in [0, 0.05) is 15.4 Å². The lowest BCUT2D eigenvalue weighted by Crippen LogP contribution is -2.46. The second-order valence-corrected chi connectivity index (χ2v) is 8.77. The maximum atomic E-state index is 13.0. The summed E-state index contributed by atoms with van der Waals surface area (Å²) >= 11 is 5.11. The highest BCUT2D eigenvalue weighted by Crippen LogP contribution is 2.27. The molecule has 0 spiro atoms. The van der Waals surface area contributed by atoms with E-state index in [1.807, 2.05) is 23.1 Å². The van der Waals surface area contributed by atoms with Crippen LogP contribution in [0.4, 0.5) is 0 Å². The molecule has 1 fully saturated rings. The van der Waals surface area contributed by atoms with E-state index in [1.54, 1.807) is 18.0 Å². The number of rotatable bonds is 6. The summed E-state index contributed by atoms with van der Waals surface area (Å²) in [4.78, 5) is 18.5. The summed E-state index contributed by atoms with van der Waals surface area (Å²) in [5.41, 5.74) is 1.19. The van der Waals surface area contributed by atoms with E-state index in [0.717, 1.165) is 41.1 Å². The first-order chi connectivity index (χ1) is 12.5. The Balaban J connectivity index is 1.67. The zero-order valence-electron chi connectivity index (χ0n) is 15.3. The molecule has 0 unspecified atom stereocenters. The summed E-state index contributed by atoms with van der Waals surface area (Å²) in [5, 5.41) is 0. The number of hydrogen-bond acceptors (Lipinski definition) is 4. The Hall–Kier alpha value is -1.24. The molecular formula is C20H25BrN2O2S. The van der Waals surface area contributed by atoms with Crippen LogP contribution in [0.5, 0.6) is 0 Å². The molecule has 4 nitrogen and oxygen atoms in total. The van der Waals surface area contributed by atoms with Crippen LogP contribution in [-0.4, -0.2) is 47.6 Å².